The average Bonchev–Trinajstić information content (AvgIpc) is 3.09. The maximum absolute atomic E-state index is 14.4. The third-order valence-electron chi connectivity index (χ3n) is 4.98. The van der Waals surface area contributed by atoms with Crippen LogP contribution in [0.15, 0.2) is 45.7 Å². The molecule has 0 aliphatic carbocycles. The first-order chi connectivity index (χ1) is 13.6. The van der Waals surface area contributed by atoms with Gasteiger partial charge in [-0.1, -0.05) is 0 Å². The molecular weight excluding hydrogens is 361 g/mol. The summed E-state index contributed by atoms with van der Waals surface area (Å²) in [6, 6.07) is 8.18. The highest BCUT2D eigenvalue weighted by Gasteiger charge is 2.15. The number of pyridine rings is 1. The Morgan fingerprint density at radius 3 is 2.79 bits per heavy atom. The zero-order valence-electron chi connectivity index (χ0n) is 15.3. The molecule has 0 bridgehead atoms. The molecule has 142 valence electrons. The normalized spacial score (nSPS) is 14.9. The standard InChI is InChI=1S/C20H18FN5O2/c1-12-23-20-15(21)8-13(9-17(20)28-12)16-10-19(27)26-11-14(2-3-18(26)24-16)25-6-4-22-5-7-25/h2-3,8-11,22H,4-7H2,1H3. The Hall–Kier alpha value is -3.26. The van der Waals surface area contributed by atoms with Gasteiger partial charge in [0.2, 0.25) is 0 Å². The minimum atomic E-state index is -0.500. The lowest BCUT2D eigenvalue weighted by Gasteiger charge is -2.29. The number of oxazole rings is 1. The summed E-state index contributed by atoms with van der Waals surface area (Å²) in [4.78, 5) is 23.5. The van der Waals surface area contributed by atoms with Crippen LogP contribution in [0.1, 0.15) is 5.89 Å². The van der Waals surface area contributed by atoms with Crippen LogP contribution in [-0.4, -0.2) is 40.5 Å². The van der Waals surface area contributed by atoms with Crippen molar-refractivity contribution in [2.75, 3.05) is 31.1 Å². The molecule has 0 radical (unpaired) electrons. The van der Waals surface area contributed by atoms with Gasteiger partial charge < -0.3 is 14.6 Å². The maximum Gasteiger partial charge on any atom is 0.258 e. The third-order valence-corrected chi connectivity index (χ3v) is 4.98. The van der Waals surface area contributed by atoms with Crippen LogP contribution in [0.25, 0.3) is 28.0 Å². The number of fused-ring (bicyclic) bond motifs is 2. The molecular formula is C20H18FN5O2. The van der Waals surface area contributed by atoms with Crippen LogP contribution in [-0.2, 0) is 0 Å². The van der Waals surface area contributed by atoms with Gasteiger partial charge in [-0.3, -0.25) is 9.20 Å². The fourth-order valence-corrected chi connectivity index (χ4v) is 3.60. The van der Waals surface area contributed by atoms with Crippen LogP contribution in [0.5, 0.6) is 0 Å². The number of aryl methyl sites for hydroxylation is 1. The molecule has 0 spiro atoms. The van der Waals surface area contributed by atoms with E-state index < -0.39 is 5.82 Å². The molecule has 28 heavy (non-hydrogen) atoms. The Labute approximate surface area is 159 Å². The summed E-state index contributed by atoms with van der Waals surface area (Å²) in [5, 5.41) is 3.31. The SMILES string of the molecule is Cc1nc2c(F)cc(-c3cc(=O)n4cc(N5CCNCC5)ccc4n3)cc2o1. The van der Waals surface area contributed by atoms with E-state index in [-0.39, 0.29) is 11.1 Å². The van der Waals surface area contributed by atoms with Crippen LogP contribution < -0.4 is 15.8 Å². The van der Waals surface area contributed by atoms with Crippen LogP contribution >= 0.6 is 0 Å². The molecule has 0 saturated carbocycles. The zero-order chi connectivity index (χ0) is 19.3. The van der Waals surface area contributed by atoms with E-state index in [2.05, 4.69) is 20.2 Å². The van der Waals surface area contributed by atoms with Crippen LogP contribution in [0.3, 0.4) is 0 Å². The van der Waals surface area contributed by atoms with Gasteiger partial charge >= 0.3 is 0 Å². The quantitative estimate of drug-likeness (QED) is 0.576. The smallest absolute Gasteiger partial charge is 0.258 e. The molecule has 1 N–H and O–H groups in total. The first kappa shape index (κ1) is 16.9. The van der Waals surface area contributed by atoms with Gasteiger partial charge in [0.1, 0.15) is 11.2 Å². The molecule has 4 heterocycles. The Kier molecular flexibility index (Phi) is 3.87. The van der Waals surface area contributed by atoms with E-state index in [1.54, 1.807) is 13.0 Å². The van der Waals surface area contributed by atoms with E-state index in [4.69, 9.17) is 4.42 Å². The fourth-order valence-electron chi connectivity index (χ4n) is 3.60. The summed E-state index contributed by atoms with van der Waals surface area (Å²) in [6.07, 6.45) is 1.81. The highest BCUT2D eigenvalue weighted by atomic mass is 19.1. The van der Waals surface area contributed by atoms with Gasteiger partial charge in [0.05, 0.1) is 11.4 Å². The molecule has 4 aromatic rings. The third kappa shape index (κ3) is 2.82. The Balaban J connectivity index is 1.60. The number of benzene rings is 1. The van der Waals surface area contributed by atoms with Crippen LogP contribution in [0.4, 0.5) is 10.1 Å². The van der Waals surface area contributed by atoms with Crippen molar-refractivity contribution in [1.82, 2.24) is 19.7 Å². The van der Waals surface area contributed by atoms with Gasteiger partial charge in [-0.05, 0) is 24.3 Å². The van der Waals surface area contributed by atoms with Crippen molar-refractivity contribution >= 4 is 22.4 Å². The number of hydrogen-bond acceptors (Lipinski definition) is 6. The molecule has 1 aliphatic heterocycles. The molecule has 0 amide bonds. The lowest BCUT2D eigenvalue weighted by molar-refractivity contribution is 0.561. The highest BCUT2D eigenvalue weighted by Crippen LogP contribution is 2.26. The molecule has 1 aromatic carbocycles. The summed E-state index contributed by atoms with van der Waals surface area (Å²) < 4.78 is 21.3. The molecule has 1 saturated heterocycles. The topological polar surface area (TPSA) is 75.7 Å². The number of aromatic nitrogens is 3. The lowest BCUT2D eigenvalue weighted by Crippen LogP contribution is -2.43. The van der Waals surface area contributed by atoms with Crippen molar-refractivity contribution < 1.29 is 8.81 Å². The van der Waals surface area contributed by atoms with E-state index in [0.29, 0.717) is 28.4 Å². The summed E-state index contributed by atoms with van der Waals surface area (Å²) in [7, 11) is 0. The maximum atomic E-state index is 14.4. The second kappa shape index (κ2) is 6.42. The van der Waals surface area contributed by atoms with Gasteiger partial charge in [0.15, 0.2) is 17.3 Å². The second-order valence-corrected chi connectivity index (χ2v) is 6.87. The summed E-state index contributed by atoms with van der Waals surface area (Å²) in [5.74, 6) is -0.113. The van der Waals surface area contributed by atoms with Crippen LogP contribution in [0, 0.1) is 12.7 Å². The highest BCUT2D eigenvalue weighted by molar-refractivity contribution is 5.80. The molecule has 7 nitrogen and oxygen atoms in total. The van der Waals surface area contributed by atoms with E-state index in [1.165, 1.54) is 16.5 Å². The number of piperazine rings is 1. The molecule has 3 aromatic heterocycles. The van der Waals surface area contributed by atoms with E-state index in [1.807, 2.05) is 18.3 Å². The van der Waals surface area contributed by atoms with Gasteiger partial charge in [0, 0.05) is 50.9 Å². The van der Waals surface area contributed by atoms with Crippen molar-refractivity contribution in [3.63, 3.8) is 0 Å². The van der Waals surface area contributed by atoms with Gasteiger partial charge in [-0.15, -0.1) is 0 Å². The first-order valence-electron chi connectivity index (χ1n) is 9.15. The fraction of sp³-hybridized carbons (Fsp3) is 0.250. The first-order valence-corrected chi connectivity index (χ1v) is 9.15. The van der Waals surface area contributed by atoms with Crippen molar-refractivity contribution in [2.24, 2.45) is 0 Å². The van der Waals surface area contributed by atoms with Crippen LogP contribution in [0.2, 0.25) is 0 Å². The molecule has 1 aliphatic rings. The predicted molar refractivity (Wildman–Crippen MR) is 104 cm³/mol. The van der Waals surface area contributed by atoms with Crippen molar-refractivity contribution in [1.29, 1.82) is 0 Å². The lowest BCUT2D eigenvalue weighted by atomic mass is 10.1. The van der Waals surface area contributed by atoms with E-state index >= 15 is 0 Å². The Morgan fingerprint density at radius 1 is 1.14 bits per heavy atom. The summed E-state index contributed by atoms with van der Waals surface area (Å²) in [5.41, 5.74) is 2.67. The van der Waals surface area contributed by atoms with Crippen molar-refractivity contribution in [2.45, 2.75) is 6.92 Å². The molecule has 8 heteroatoms. The van der Waals surface area contributed by atoms with Gasteiger partial charge in [-0.2, -0.15) is 0 Å². The Bertz CT molecular complexity index is 1260. The number of hydrogen-bond donors (Lipinski definition) is 1. The number of nitrogens with one attached hydrogen (secondary N) is 1. The minimum absolute atomic E-state index is 0.180. The number of rotatable bonds is 2. The molecule has 0 atom stereocenters. The number of halogens is 1. The van der Waals surface area contributed by atoms with E-state index in [0.717, 1.165) is 31.9 Å². The summed E-state index contributed by atoms with van der Waals surface area (Å²) >= 11 is 0. The summed E-state index contributed by atoms with van der Waals surface area (Å²) in [6.45, 7) is 5.28. The van der Waals surface area contributed by atoms with Crippen molar-refractivity contribution in [3.05, 3.63) is 58.6 Å². The predicted octanol–water partition coefficient (Wildman–Crippen LogP) is 2.36. The van der Waals surface area contributed by atoms with Gasteiger partial charge in [-0.25, -0.2) is 14.4 Å². The monoisotopic (exact) mass is 379 g/mol. The Morgan fingerprint density at radius 2 is 1.96 bits per heavy atom. The van der Waals surface area contributed by atoms with E-state index in [9.17, 15) is 9.18 Å². The number of nitrogens with zero attached hydrogens (tertiary/aromatic N) is 4. The molecule has 5 rings (SSSR count). The minimum Gasteiger partial charge on any atom is -0.441 e. The molecule has 0 unspecified atom stereocenters. The largest absolute Gasteiger partial charge is 0.441 e. The number of anilines is 1. The second-order valence-electron chi connectivity index (χ2n) is 6.87. The zero-order valence-corrected chi connectivity index (χ0v) is 15.3. The average molecular weight is 379 g/mol. The molecule has 1 fully saturated rings. The van der Waals surface area contributed by atoms with Gasteiger partial charge in [0.25, 0.3) is 5.56 Å². The van der Waals surface area contributed by atoms with Crippen molar-refractivity contribution in [3.8, 4) is 11.3 Å².